The standard InChI is InChI=1S/C33H46N4O6/c1-7-21(3)28(36-31(39)29(22(4)8-2)37-33(40)43-20-23-14-10-9-11-15-23)30(38)35-27(32(41-5)42-6)18-24-19-34-26-17-13-12-16-25(24)26/h9-17,19,21-22,27-29,32,34H,7-8,18,20H2,1-6H3,(H,35,38)(H,36,39)(H,37,40)/t21-,22-,27-,28-,29-/m0/s1. The molecule has 1 aromatic heterocycles. The number of carbonyl (C=O) groups is 3. The zero-order valence-electron chi connectivity index (χ0n) is 26.0. The Bertz CT molecular complexity index is 1310. The smallest absolute Gasteiger partial charge is 0.408 e. The molecule has 3 aromatic rings. The van der Waals surface area contributed by atoms with E-state index in [9.17, 15) is 14.4 Å². The Balaban J connectivity index is 1.75. The van der Waals surface area contributed by atoms with Gasteiger partial charge < -0.3 is 35.1 Å². The number of fused-ring (bicyclic) bond motifs is 1. The highest BCUT2D eigenvalue weighted by Gasteiger charge is 2.34. The van der Waals surface area contributed by atoms with Gasteiger partial charge in [-0.25, -0.2) is 4.79 Å². The van der Waals surface area contributed by atoms with Crippen LogP contribution < -0.4 is 16.0 Å². The SMILES string of the molecule is CC[C@H](C)[C@H](NC(=O)OCc1ccccc1)C(=O)N[C@H](C(=O)N[C@@H](Cc1c[nH]c2ccccc12)C(OC)OC)[C@@H](C)CC. The van der Waals surface area contributed by atoms with E-state index < -0.39 is 36.4 Å². The minimum atomic E-state index is -0.889. The largest absolute Gasteiger partial charge is 0.445 e. The number of methoxy groups -OCH3 is 2. The summed E-state index contributed by atoms with van der Waals surface area (Å²) in [5, 5.41) is 9.75. The lowest BCUT2D eigenvalue weighted by molar-refractivity contribution is -0.141. The van der Waals surface area contributed by atoms with Gasteiger partial charge in [-0.3, -0.25) is 9.59 Å². The number of alkyl carbamates (subject to hydrolysis) is 1. The van der Waals surface area contributed by atoms with E-state index in [0.717, 1.165) is 22.0 Å². The highest BCUT2D eigenvalue weighted by molar-refractivity contribution is 5.92. The molecule has 10 heteroatoms. The normalized spacial score (nSPS) is 14.9. The molecule has 5 atom stereocenters. The van der Waals surface area contributed by atoms with Crippen LogP contribution in [0.2, 0.25) is 0 Å². The van der Waals surface area contributed by atoms with Gasteiger partial charge in [0.05, 0.1) is 6.04 Å². The van der Waals surface area contributed by atoms with Gasteiger partial charge >= 0.3 is 6.09 Å². The number of H-pyrrole nitrogens is 1. The maximum Gasteiger partial charge on any atom is 0.408 e. The zero-order valence-corrected chi connectivity index (χ0v) is 26.0. The van der Waals surface area contributed by atoms with Gasteiger partial charge in [0.25, 0.3) is 0 Å². The Labute approximate surface area is 254 Å². The summed E-state index contributed by atoms with van der Waals surface area (Å²) in [5.41, 5.74) is 2.83. The number of hydrogen-bond donors (Lipinski definition) is 4. The van der Waals surface area contributed by atoms with E-state index in [1.165, 1.54) is 14.2 Å². The summed E-state index contributed by atoms with van der Waals surface area (Å²) in [6, 6.07) is 14.9. The maximum absolute atomic E-state index is 13.8. The summed E-state index contributed by atoms with van der Waals surface area (Å²) in [4.78, 5) is 43.3. The molecule has 4 N–H and O–H groups in total. The Morgan fingerprint density at radius 1 is 0.791 bits per heavy atom. The molecule has 234 valence electrons. The van der Waals surface area contributed by atoms with E-state index in [4.69, 9.17) is 14.2 Å². The molecule has 0 bridgehead atoms. The highest BCUT2D eigenvalue weighted by Crippen LogP contribution is 2.21. The van der Waals surface area contributed by atoms with Crippen LogP contribution in [-0.4, -0.2) is 61.5 Å². The quantitative estimate of drug-likeness (QED) is 0.178. The topological polar surface area (TPSA) is 131 Å². The van der Waals surface area contributed by atoms with Crippen molar-refractivity contribution in [3.63, 3.8) is 0 Å². The van der Waals surface area contributed by atoms with Crippen LogP contribution in [0.25, 0.3) is 10.9 Å². The molecule has 0 radical (unpaired) electrons. The molecule has 0 saturated carbocycles. The fourth-order valence-corrected chi connectivity index (χ4v) is 4.99. The lowest BCUT2D eigenvalue weighted by atomic mass is 9.94. The predicted octanol–water partition coefficient (Wildman–Crippen LogP) is 4.69. The van der Waals surface area contributed by atoms with Crippen molar-refractivity contribution in [2.45, 2.75) is 78.0 Å². The molecule has 3 rings (SSSR count). The molecule has 1 heterocycles. The Morgan fingerprint density at radius 3 is 2.00 bits per heavy atom. The molecule has 0 unspecified atom stereocenters. The second kappa shape index (κ2) is 16.7. The van der Waals surface area contributed by atoms with E-state index in [-0.39, 0.29) is 24.3 Å². The molecule has 0 aliphatic heterocycles. The lowest BCUT2D eigenvalue weighted by Crippen LogP contribution is -2.59. The Morgan fingerprint density at radius 2 is 1.37 bits per heavy atom. The third-order valence-electron chi connectivity index (χ3n) is 8.01. The first-order valence-corrected chi connectivity index (χ1v) is 14.9. The van der Waals surface area contributed by atoms with Gasteiger partial charge in [0.1, 0.15) is 18.7 Å². The second-order valence-corrected chi connectivity index (χ2v) is 11.0. The third kappa shape index (κ3) is 9.30. The molecule has 10 nitrogen and oxygen atoms in total. The predicted molar refractivity (Wildman–Crippen MR) is 166 cm³/mol. The molecule has 43 heavy (non-hydrogen) atoms. The summed E-state index contributed by atoms with van der Waals surface area (Å²) in [6.07, 6.45) is 2.21. The van der Waals surface area contributed by atoms with Crippen LogP contribution in [0.15, 0.2) is 60.8 Å². The molecular weight excluding hydrogens is 548 g/mol. The minimum Gasteiger partial charge on any atom is -0.445 e. The number of aromatic nitrogens is 1. The lowest BCUT2D eigenvalue weighted by Gasteiger charge is -2.31. The van der Waals surface area contributed by atoms with Crippen molar-refractivity contribution >= 4 is 28.8 Å². The van der Waals surface area contributed by atoms with Crippen LogP contribution >= 0.6 is 0 Å². The second-order valence-electron chi connectivity index (χ2n) is 11.0. The van der Waals surface area contributed by atoms with Crippen molar-refractivity contribution in [3.05, 3.63) is 71.9 Å². The number of para-hydroxylation sites is 1. The van der Waals surface area contributed by atoms with Crippen LogP contribution in [-0.2, 0) is 36.8 Å². The minimum absolute atomic E-state index is 0.0808. The van der Waals surface area contributed by atoms with Crippen LogP contribution in [0.5, 0.6) is 0 Å². The van der Waals surface area contributed by atoms with Gasteiger partial charge in [0.2, 0.25) is 11.8 Å². The summed E-state index contributed by atoms with van der Waals surface area (Å²) in [6.45, 7) is 7.75. The average Bonchev–Trinajstić information content (AvgIpc) is 3.44. The summed E-state index contributed by atoms with van der Waals surface area (Å²) < 4.78 is 16.5. The highest BCUT2D eigenvalue weighted by atomic mass is 16.7. The third-order valence-corrected chi connectivity index (χ3v) is 8.01. The molecule has 0 aliphatic rings. The number of rotatable bonds is 16. The molecule has 2 aromatic carbocycles. The van der Waals surface area contributed by atoms with Crippen molar-refractivity contribution in [2.75, 3.05) is 14.2 Å². The Kier molecular flexibility index (Phi) is 13.0. The molecule has 3 amide bonds. The Hall–Kier alpha value is -3.89. The van der Waals surface area contributed by atoms with Crippen LogP contribution in [0.3, 0.4) is 0 Å². The average molecular weight is 595 g/mol. The number of aromatic amines is 1. The number of ether oxygens (including phenoxy) is 3. The first kappa shape index (κ1) is 33.6. The van der Waals surface area contributed by atoms with Crippen molar-refractivity contribution in [2.24, 2.45) is 11.8 Å². The molecule has 0 spiro atoms. The van der Waals surface area contributed by atoms with E-state index in [1.54, 1.807) is 0 Å². The summed E-state index contributed by atoms with van der Waals surface area (Å²) in [5.74, 6) is -1.20. The van der Waals surface area contributed by atoms with E-state index in [2.05, 4.69) is 20.9 Å². The molecule has 0 saturated heterocycles. The summed E-state index contributed by atoms with van der Waals surface area (Å²) >= 11 is 0. The van der Waals surface area contributed by atoms with Gasteiger partial charge in [0.15, 0.2) is 6.29 Å². The van der Waals surface area contributed by atoms with Crippen LogP contribution in [0, 0.1) is 11.8 Å². The van der Waals surface area contributed by atoms with E-state index >= 15 is 0 Å². The van der Waals surface area contributed by atoms with Gasteiger partial charge in [0, 0.05) is 31.3 Å². The number of nitrogens with one attached hydrogen (secondary N) is 4. The van der Waals surface area contributed by atoms with Gasteiger partial charge in [-0.1, -0.05) is 89.1 Å². The van der Waals surface area contributed by atoms with Gasteiger partial charge in [-0.05, 0) is 35.4 Å². The number of hydrogen-bond acceptors (Lipinski definition) is 6. The molecular formula is C33H46N4O6. The summed E-state index contributed by atoms with van der Waals surface area (Å²) in [7, 11) is 3.05. The number of carbonyl (C=O) groups excluding carboxylic acids is 3. The van der Waals surface area contributed by atoms with Crippen molar-refractivity contribution in [1.29, 1.82) is 0 Å². The van der Waals surface area contributed by atoms with Gasteiger partial charge in [-0.2, -0.15) is 0 Å². The van der Waals surface area contributed by atoms with Crippen LogP contribution in [0.1, 0.15) is 51.7 Å². The van der Waals surface area contributed by atoms with E-state index in [0.29, 0.717) is 19.3 Å². The maximum atomic E-state index is 13.8. The van der Waals surface area contributed by atoms with Crippen LogP contribution in [0.4, 0.5) is 4.79 Å². The monoisotopic (exact) mass is 594 g/mol. The first-order chi connectivity index (χ1) is 20.7. The first-order valence-electron chi connectivity index (χ1n) is 14.9. The van der Waals surface area contributed by atoms with Gasteiger partial charge in [-0.15, -0.1) is 0 Å². The van der Waals surface area contributed by atoms with Crippen molar-refractivity contribution in [3.8, 4) is 0 Å². The fraction of sp³-hybridized carbons (Fsp3) is 0.485. The number of benzene rings is 2. The molecule has 0 fully saturated rings. The fourth-order valence-electron chi connectivity index (χ4n) is 4.99. The van der Waals surface area contributed by atoms with Crippen molar-refractivity contribution < 1.29 is 28.6 Å². The molecule has 0 aliphatic carbocycles. The van der Waals surface area contributed by atoms with E-state index in [1.807, 2.05) is 88.5 Å². The number of amides is 3. The zero-order chi connectivity index (χ0) is 31.4. The van der Waals surface area contributed by atoms with Crippen molar-refractivity contribution in [1.82, 2.24) is 20.9 Å².